The number of hydrogen-bond donors (Lipinski definition) is 0. The van der Waals surface area contributed by atoms with Crippen LogP contribution >= 0.6 is 11.3 Å². The van der Waals surface area contributed by atoms with Crippen molar-refractivity contribution >= 4 is 49.4 Å². The topological polar surface area (TPSA) is 124 Å². The number of benzene rings is 2. The molecule has 1 aliphatic heterocycles. The van der Waals surface area contributed by atoms with Crippen LogP contribution in [0.4, 0.5) is 0 Å². The van der Waals surface area contributed by atoms with Gasteiger partial charge in [0.2, 0.25) is 10.0 Å². The predicted octanol–water partition coefficient (Wildman–Crippen LogP) is 3.21. The van der Waals surface area contributed by atoms with Gasteiger partial charge in [-0.05, 0) is 68.1 Å². The number of carbonyl (C=O) groups is 3. The summed E-state index contributed by atoms with van der Waals surface area (Å²) in [7, 11) is -2.37. The average Bonchev–Trinajstić information content (AvgIpc) is 3.24. The van der Waals surface area contributed by atoms with Gasteiger partial charge >= 0.3 is 11.9 Å². The van der Waals surface area contributed by atoms with E-state index in [0.717, 1.165) is 24.2 Å². The van der Waals surface area contributed by atoms with Crippen LogP contribution in [0.5, 0.6) is 0 Å². The quantitative estimate of drug-likeness (QED) is 0.407. The molecule has 202 valence electrons. The number of piperidine rings is 1. The number of thiazole rings is 1. The fourth-order valence-corrected chi connectivity index (χ4v) is 6.99. The van der Waals surface area contributed by atoms with Gasteiger partial charge in [-0.3, -0.25) is 9.59 Å². The van der Waals surface area contributed by atoms with E-state index in [4.69, 9.17) is 9.47 Å². The summed E-state index contributed by atoms with van der Waals surface area (Å²) in [6.07, 6.45) is 1.82. The summed E-state index contributed by atoms with van der Waals surface area (Å²) < 4.78 is 39.6. The number of methoxy groups -OCH3 is 1. The standard InChI is InChI=1S/C26H29N3O7S2/c1-4-36-23(30)16-29-21-12-9-19(25(32)35-3)14-22(21)37-26(29)27-24(31)18-7-10-20(11-8-18)38(33,34)28-13-5-6-17(2)15-28/h7-12,14,17H,4-6,13,15-16H2,1-3H3. The molecule has 1 fully saturated rings. The van der Waals surface area contributed by atoms with Crippen LogP contribution in [0, 0.1) is 5.92 Å². The van der Waals surface area contributed by atoms with Gasteiger partial charge in [-0.15, -0.1) is 0 Å². The molecule has 1 aliphatic rings. The second-order valence-corrected chi connectivity index (χ2v) is 11.9. The Kier molecular flexibility index (Phi) is 8.44. The summed E-state index contributed by atoms with van der Waals surface area (Å²) in [6.45, 7) is 4.70. The highest BCUT2D eigenvalue weighted by Gasteiger charge is 2.28. The third kappa shape index (κ3) is 5.87. The second-order valence-electron chi connectivity index (χ2n) is 9.00. The molecule has 2 aromatic carbocycles. The third-order valence-electron chi connectivity index (χ3n) is 6.25. The summed E-state index contributed by atoms with van der Waals surface area (Å²) in [5, 5.41) is 0. The van der Waals surface area contributed by atoms with Crippen LogP contribution in [0.3, 0.4) is 0 Å². The Labute approximate surface area is 224 Å². The Hall–Kier alpha value is -3.35. The van der Waals surface area contributed by atoms with Gasteiger partial charge in [0.25, 0.3) is 5.91 Å². The van der Waals surface area contributed by atoms with E-state index in [1.807, 2.05) is 6.92 Å². The molecule has 0 spiro atoms. The van der Waals surface area contributed by atoms with Crippen molar-refractivity contribution in [3.8, 4) is 0 Å². The van der Waals surface area contributed by atoms with E-state index < -0.39 is 27.9 Å². The zero-order chi connectivity index (χ0) is 27.4. The molecule has 0 radical (unpaired) electrons. The van der Waals surface area contributed by atoms with Crippen LogP contribution in [0.15, 0.2) is 52.4 Å². The van der Waals surface area contributed by atoms with Crippen molar-refractivity contribution in [3.05, 3.63) is 58.4 Å². The zero-order valence-corrected chi connectivity index (χ0v) is 23.0. The first-order chi connectivity index (χ1) is 18.1. The van der Waals surface area contributed by atoms with Crippen LogP contribution in [0.2, 0.25) is 0 Å². The SMILES string of the molecule is CCOC(=O)Cn1c(=NC(=O)c2ccc(S(=O)(=O)N3CCCC(C)C3)cc2)sc2cc(C(=O)OC)ccc21. The Balaban J connectivity index is 1.68. The lowest BCUT2D eigenvalue weighted by molar-refractivity contribution is -0.143. The van der Waals surface area contributed by atoms with Crippen LogP contribution in [0.1, 0.15) is 47.4 Å². The van der Waals surface area contributed by atoms with E-state index in [1.165, 1.54) is 35.7 Å². The molecule has 1 aromatic heterocycles. The van der Waals surface area contributed by atoms with E-state index in [9.17, 15) is 22.8 Å². The highest BCUT2D eigenvalue weighted by molar-refractivity contribution is 7.89. The van der Waals surface area contributed by atoms with Crippen molar-refractivity contribution in [2.24, 2.45) is 10.9 Å². The van der Waals surface area contributed by atoms with Crippen molar-refractivity contribution in [1.29, 1.82) is 0 Å². The van der Waals surface area contributed by atoms with Gasteiger partial charge in [-0.2, -0.15) is 9.30 Å². The molecule has 1 atom stereocenters. The van der Waals surface area contributed by atoms with Crippen molar-refractivity contribution in [2.75, 3.05) is 26.8 Å². The molecule has 1 amide bonds. The maximum absolute atomic E-state index is 13.1. The molecule has 3 aromatic rings. The molecular formula is C26H29N3O7S2. The normalized spacial score (nSPS) is 16.9. The number of nitrogens with zero attached hydrogens (tertiary/aromatic N) is 3. The number of hydrogen-bond acceptors (Lipinski definition) is 8. The summed E-state index contributed by atoms with van der Waals surface area (Å²) in [6, 6.07) is 10.5. The first-order valence-electron chi connectivity index (χ1n) is 12.2. The average molecular weight is 560 g/mol. The Morgan fingerprint density at radius 1 is 1.11 bits per heavy atom. The highest BCUT2D eigenvalue weighted by Crippen LogP contribution is 2.24. The van der Waals surface area contributed by atoms with Gasteiger partial charge in [0, 0.05) is 18.7 Å². The van der Waals surface area contributed by atoms with Crippen LogP contribution < -0.4 is 4.80 Å². The zero-order valence-electron chi connectivity index (χ0n) is 21.4. The molecule has 0 saturated carbocycles. The molecule has 1 saturated heterocycles. The first-order valence-corrected chi connectivity index (χ1v) is 14.5. The third-order valence-corrected chi connectivity index (χ3v) is 9.17. The van der Waals surface area contributed by atoms with E-state index in [0.29, 0.717) is 34.8 Å². The number of amides is 1. The fourth-order valence-electron chi connectivity index (χ4n) is 4.33. The Morgan fingerprint density at radius 3 is 2.47 bits per heavy atom. The minimum Gasteiger partial charge on any atom is -0.465 e. The maximum Gasteiger partial charge on any atom is 0.337 e. The van der Waals surface area contributed by atoms with Crippen LogP contribution in [-0.2, 0) is 30.8 Å². The maximum atomic E-state index is 13.1. The number of fused-ring (bicyclic) bond motifs is 1. The summed E-state index contributed by atoms with van der Waals surface area (Å²) in [5.74, 6) is -1.32. The monoisotopic (exact) mass is 559 g/mol. The lowest BCUT2D eigenvalue weighted by Crippen LogP contribution is -2.39. The van der Waals surface area contributed by atoms with Gasteiger partial charge in [0.15, 0.2) is 4.80 Å². The van der Waals surface area contributed by atoms with Crippen molar-refractivity contribution in [3.63, 3.8) is 0 Å². The van der Waals surface area contributed by atoms with E-state index in [2.05, 4.69) is 4.99 Å². The van der Waals surface area contributed by atoms with Crippen LogP contribution in [0.25, 0.3) is 10.2 Å². The van der Waals surface area contributed by atoms with E-state index >= 15 is 0 Å². The molecule has 12 heteroatoms. The number of rotatable bonds is 7. The lowest BCUT2D eigenvalue weighted by atomic mass is 10.0. The van der Waals surface area contributed by atoms with Crippen molar-refractivity contribution in [1.82, 2.24) is 8.87 Å². The van der Waals surface area contributed by atoms with Gasteiger partial charge in [-0.25, -0.2) is 13.2 Å². The van der Waals surface area contributed by atoms with Gasteiger partial charge < -0.3 is 14.0 Å². The predicted molar refractivity (Wildman–Crippen MR) is 141 cm³/mol. The molecule has 10 nitrogen and oxygen atoms in total. The number of ether oxygens (including phenoxy) is 2. The van der Waals surface area contributed by atoms with E-state index in [-0.39, 0.29) is 28.4 Å². The smallest absolute Gasteiger partial charge is 0.337 e. The molecular weight excluding hydrogens is 530 g/mol. The molecule has 1 unspecified atom stereocenters. The molecule has 0 N–H and O–H groups in total. The Bertz CT molecular complexity index is 1540. The molecule has 38 heavy (non-hydrogen) atoms. The van der Waals surface area contributed by atoms with Crippen LogP contribution in [-0.4, -0.2) is 61.9 Å². The van der Waals surface area contributed by atoms with Crippen molar-refractivity contribution in [2.45, 2.75) is 38.1 Å². The molecule has 0 bridgehead atoms. The first kappa shape index (κ1) is 27.7. The highest BCUT2D eigenvalue weighted by atomic mass is 32.2. The molecule has 2 heterocycles. The molecule has 0 aliphatic carbocycles. The number of aromatic nitrogens is 1. The summed E-state index contributed by atoms with van der Waals surface area (Å²) in [5.41, 5.74) is 1.12. The fraction of sp³-hybridized carbons (Fsp3) is 0.385. The van der Waals surface area contributed by atoms with Crippen molar-refractivity contribution < 1.29 is 32.3 Å². The minimum absolute atomic E-state index is 0.123. The number of sulfonamides is 1. The lowest BCUT2D eigenvalue weighted by Gasteiger charge is -2.30. The number of esters is 2. The largest absolute Gasteiger partial charge is 0.465 e. The van der Waals surface area contributed by atoms with Gasteiger partial charge in [-0.1, -0.05) is 18.3 Å². The minimum atomic E-state index is -3.65. The molecule has 4 rings (SSSR count). The van der Waals surface area contributed by atoms with E-state index in [1.54, 1.807) is 29.7 Å². The summed E-state index contributed by atoms with van der Waals surface area (Å²) >= 11 is 1.13. The van der Waals surface area contributed by atoms with Gasteiger partial charge in [0.05, 0.1) is 34.4 Å². The number of carbonyl (C=O) groups excluding carboxylic acids is 3. The Morgan fingerprint density at radius 2 is 1.82 bits per heavy atom. The second kappa shape index (κ2) is 11.6. The van der Waals surface area contributed by atoms with Gasteiger partial charge in [0.1, 0.15) is 6.54 Å². The summed E-state index contributed by atoms with van der Waals surface area (Å²) in [4.78, 5) is 41.9.